The summed E-state index contributed by atoms with van der Waals surface area (Å²) in [5.74, 6) is 1.66. The summed E-state index contributed by atoms with van der Waals surface area (Å²) in [4.78, 5) is 11.7. The number of benzene rings is 1. The number of halogens is 2. The number of amides is 1. The van der Waals surface area contributed by atoms with Gasteiger partial charge in [-0.3, -0.25) is 4.79 Å². The Hall–Kier alpha value is -0.380. The van der Waals surface area contributed by atoms with Gasteiger partial charge in [0.1, 0.15) is 0 Å². The van der Waals surface area contributed by atoms with Crippen molar-refractivity contribution in [3.05, 3.63) is 33.8 Å². The Balaban J connectivity index is 2.36. The molecule has 0 saturated carbocycles. The van der Waals surface area contributed by atoms with E-state index < -0.39 is 0 Å². The molecule has 5 heteroatoms. The van der Waals surface area contributed by atoms with Gasteiger partial charge in [-0.2, -0.15) is 0 Å². The van der Waals surface area contributed by atoms with Gasteiger partial charge >= 0.3 is 0 Å². The van der Waals surface area contributed by atoms with Crippen LogP contribution in [0.4, 0.5) is 0 Å². The van der Waals surface area contributed by atoms with Crippen LogP contribution in [0.2, 0.25) is 10.0 Å². The minimum atomic E-state index is 0.0660. The van der Waals surface area contributed by atoms with Crippen LogP contribution in [0.3, 0.4) is 0 Å². The van der Waals surface area contributed by atoms with Gasteiger partial charge in [-0.15, -0.1) is 11.8 Å². The first-order chi connectivity index (χ1) is 8.90. The van der Waals surface area contributed by atoms with E-state index in [1.54, 1.807) is 17.8 Å². The average Bonchev–Trinajstić information content (AvgIpc) is 2.31. The van der Waals surface area contributed by atoms with Crippen LogP contribution in [0.15, 0.2) is 18.2 Å². The Bertz CT molecular complexity index is 437. The van der Waals surface area contributed by atoms with Gasteiger partial charge in [0, 0.05) is 21.8 Å². The molecule has 0 aliphatic rings. The van der Waals surface area contributed by atoms with Gasteiger partial charge < -0.3 is 5.32 Å². The molecule has 106 valence electrons. The third-order valence-electron chi connectivity index (χ3n) is 2.89. The quantitative estimate of drug-likeness (QED) is 0.842. The highest BCUT2D eigenvalue weighted by molar-refractivity contribution is 7.99. The second-order valence-electron chi connectivity index (χ2n) is 4.83. The molecule has 0 fully saturated rings. The number of carbonyl (C=O) groups excluding carboxylic acids is 1. The minimum absolute atomic E-state index is 0.0660. The van der Waals surface area contributed by atoms with Gasteiger partial charge in [-0.25, -0.2) is 0 Å². The van der Waals surface area contributed by atoms with E-state index in [1.165, 1.54) is 0 Å². The molecular formula is C14H19Cl2NOS. The maximum absolute atomic E-state index is 11.7. The van der Waals surface area contributed by atoms with Crippen LogP contribution in [0, 0.1) is 5.92 Å². The molecule has 0 saturated heterocycles. The highest BCUT2D eigenvalue weighted by Gasteiger charge is 2.11. The SMILES string of the molecule is CC(C)[C@@H](C)NC(=O)CSCc1ccc(Cl)cc1Cl. The maximum Gasteiger partial charge on any atom is 0.230 e. The van der Waals surface area contributed by atoms with E-state index >= 15 is 0 Å². The molecule has 0 radical (unpaired) electrons. The van der Waals surface area contributed by atoms with Crippen molar-refractivity contribution in [2.45, 2.75) is 32.6 Å². The third kappa shape index (κ3) is 6.07. The van der Waals surface area contributed by atoms with Gasteiger partial charge in [-0.1, -0.05) is 43.1 Å². The smallest absolute Gasteiger partial charge is 0.230 e. The summed E-state index contributed by atoms with van der Waals surface area (Å²) in [7, 11) is 0. The normalized spacial score (nSPS) is 12.5. The number of carbonyl (C=O) groups is 1. The summed E-state index contributed by atoms with van der Waals surface area (Å²) in [6.45, 7) is 6.19. The van der Waals surface area contributed by atoms with Crippen molar-refractivity contribution in [2.75, 3.05) is 5.75 Å². The fraction of sp³-hybridized carbons (Fsp3) is 0.500. The van der Waals surface area contributed by atoms with Gasteiger partial charge in [0.15, 0.2) is 0 Å². The third-order valence-corrected chi connectivity index (χ3v) is 4.46. The van der Waals surface area contributed by atoms with Gasteiger partial charge in [-0.05, 0) is 30.5 Å². The summed E-state index contributed by atoms with van der Waals surface area (Å²) in [6, 6.07) is 5.63. The predicted molar refractivity (Wildman–Crippen MR) is 85.1 cm³/mol. The number of thioether (sulfide) groups is 1. The number of hydrogen-bond acceptors (Lipinski definition) is 2. The Morgan fingerprint density at radius 1 is 1.32 bits per heavy atom. The average molecular weight is 320 g/mol. The molecule has 1 aromatic rings. The second-order valence-corrected chi connectivity index (χ2v) is 6.66. The summed E-state index contributed by atoms with van der Waals surface area (Å²) < 4.78 is 0. The molecule has 1 aromatic carbocycles. The van der Waals surface area contributed by atoms with Gasteiger partial charge in [0.2, 0.25) is 5.91 Å². The molecule has 1 atom stereocenters. The topological polar surface area (TPSA) is 29.1 Å². The van der Waals surface area contributed by atoms with Crippen molar-refractivity contribution in [1.82, 2.24) is 5.32 Å². The van der Waals surface area contributed by atoms with Gasteiger partial charge in [0.25, 0.3) is 0 Å². The fourth-order valence-electron chi connectivity index (χ4n) is 1.35. The van der Waals surface area contributed by atoms with E-state index in [2.05, 4.69) is 19.2 Å². The monoisotopic (exact) mass is 319 g/mol. The van der Waals surface area contributed by atoms with Crippen LogP contribution < -0.4 is 5.32 Å². The lowest BCUT2D eigenvalue weighted by atomic mass is 10.1. The predicted octanol–water partition coefficient (Wildman–Crippen LogP) is 4.39. The Morgan fingerprint density at radius 2 is 2.00 bits per heavy atom. The van der Waals surface area contributed by atoms with E-state index in [0.29, 0.717) is 27.5 Å². The van der Waals surface area contributed by atoms with Crippen molar-refractivity contribution >= 4 is 40.9 Å². The van der Waals surface area contributed by atoms with Crippen molar-refractivity contribution in [2.24, 2.45) is 5.92 Å². The highest BCUT2D eigenvalue weighted by atomic mass is 35.5. The first-order valence-corrected chi connectivity index (χ1v) is 8.12. The first-order valence-electron chi connectivity index (χ1n) is 6.21. The molecule has 19 heavy (non-hydrogen) atoms. The van der Waals surface area contributed by atoms with Gasteiger partial charge in [0.05, 0.1) is 5.75 Å². The standard InChI is InChI=1S/C14H19Cl2NOS/c1-9(2)10(3)17-14(18)8-19-7-11-4-5-12(15)6-13(11)16/h4-6,9-10H,7-8H2,1-3H3,(H,17,18)/t10-/m1/s1. The lowest BCUT2D eigenvalue weighted by Gasteiger charge is -2.17. The zero-order valence-electron chi connectivity index (χ0n) is 11.4. The number of hydrogen-bond donors (Lipinski definition) is 1. The molecule has 1 N–H and O–H groups in total. The lowest BCUT2D eigenvalue weighted by Crippen LogP contribution is -2.37. The zero-order valence-corrected chi connectivity index (χ0v) is 13.7. The van der Waals surface area contributed by atoms with E-state index in [1.807, 2.05) is 19.1 Å². The molecule has 0 aliphatic carbocycles. The summed E-state index contributed by atoms with van der Waals surface area (Å²) in [6.07, 6.45) is 0. The summed E-state index contributed by atoms with van der Waals surface area (Å²) in [5, 5.41) is 4.25. The second kappa shape index (κ2) is 8.03. The first kappa shape index (κ1) is 16.7. The molecular weight excluding hydrogens is 301 g/mol. The zero-order chi connectivity index (χ0) is 14.4. The Kier molecular flexibility index (Phi) is 7.05. The van der Waals surface area contributed by atoms with Crippen LogP contribution in [-0.2, 0) is 10.5 Å². The Labute approximate surface area is 129 Å². The van der Waals surface area contributed by atoms with Crippen molar-refractivity contribution in [3.8, 4) is 0 Å². The van der Waals surface area contributed by atoms with Crippen molar-refractivity contribution in [3.63, 3.8) is 0 Å². The summed E-state index contributed by atoms with van der Waals surface area (Å²) in [5.41, 5.74) is 1.00. The van der Waals surface area contributed by atoms with E-state index in [4.69, 9.17) is 23.2 Å². The van der Waals surface area contributed by atoms with Crippen LogP contribution in [0.25, 0.3) is 0 Å². The largest absolute Gasteiger partial charge is 0.353 e. The van der Waals surface area contributed by atoms with Crippen LogP contribution in [0.1, 0.15) is 26.3 Å². The maximum atomic E-state index is 11.7. The molecule has 0 unspecified atom stereocenters. The van der Waals surface area contributed by atoms with Crippen LogP contribution in [-0.4, -0.2) is 17.7 Å². The summed E-state index contributed by atoms with van der Waals surface area (Å²) >= 11 is 13.5. The molecule has 0 bridgehead atoms. The van der Waals surface area contributed by atoms with Crippen LogP contribution >= 0.6 is 35.0 Å². The molecule has 2 nitrogen and oxygen atoms in total. The van der Waals surface area contributed by atoms with Crippen molar-refractivity contribution in [1.29, 1.82) is 0 Å². The number of nitrogens with one attached hydrogen (secondary N) is 1. The van der Waals surface area contributed by atoms with E-state index in [9.17, 15) is 4.79 Å². The lowest BCUT2D eigenvalue weighted by molar-refractivity contribution is -0.119. The molecule has 1 amide bonds. The van der Waals surface area contributed by atoms with Crippen LogP contribution in [0.5, 0.6) is 0 Å². The van der Waals surface area contributed by atoms with Crippen molar-refractivity contribution < 1.29 is 4.79 Å². The van der Waals surface area contributed by atoms with E-state index in [0.717, 1.165) is 5.56 Å². The molecule has 1 rings (SSSR count). The minimum Gasteiger partial charge on any atom is -0.353 e. The molecule has 0 aromatic heterocycles. The highest BCUT2D eigenvalue weighted by Crippen LogP contribution is 2.24. The van der Waals surface area contributed by atoms with E-state index in [-0.39, 0.29) is 11.9 Å². The molecule has 0 spiro atoms. The fourth-order valence-corrected chi connectivity index (χ4v) is 2.75. The Morgan fingerprint density at radius 3 is 2.58 bits per heavy atom. The number of rotatable bonds is 6. The molecule has 0 heterocycles. The molecule has 0 aliphatic heterocycles.